The summed E-state index contributed by atoms with van der Waals surface area (Å²) < 4.78 is 13.4. The first-order valence-corrected chi connectivity index (χ1v) is 5.71. The van der Waals surface area contributed by atoms with Gasteiger partial charge in [0.05, 0.1) is 0 Å². The Labute approximate surface area is 94.5 Å². The maximum absolute atomic E-state index is 13.4. The van der Waals surface area contributed by atoms with Crippen molar-refractivity contribution in [2.24, 2.45) is 0 Å². The van der Waals surface area contributed by atoms with Gasteiger partial charge in [0.2, 0.25) is 5.95 Å². The molecule has 1 aliphatic rings. The summed E-state index contributed by atoms with van der Waals surface area (Å²) in [7, 11) is -1.78. The van der Waals surface area contributed by atoms with Crippen molar-refractivity contribution in [3.8, 4) is 0 Å². The van der Waals surface area contributed by atoms with E-state index in [4.69, 9.17) is 10.0 Å². The van der Waals surface area contributed by atoms with Crippen LogP contribution >= 0.6 is 0 Å². The molecule has 5 heteroatoms. The summed E-state index contributed by atoms with van der Waals surface area (Å²) >= 11 is 0. The topological polar surface area (TPSA) is 53.4 Å². The van der Waals surface area contributed by atoms with E-state index in [1.807, 2.05) is 0 Å². The zero-order valence-electron chi connectivity index (χ0n) is 9.06. The first-order chi connectivity index (χ1) is 7.68. The standard InChI is InChI=1S/C11H15BFNO2/c13-11-9(12(15)16)6-7-10(14-11)8-4-2-1-3-5-8/h6-8,15-16H,1-5H2. The van der Waals surface area contributed by atoms with Crippen LogP contribution < -0.4 is 5.46 Å². The smallest absolute Gasteiger partial charge is 0.423 e. The SMILES string of the molecule is OB(O)c1ccc(C2CCCCC2)nc1F. The van der Waals surface area contributed by atoms with Crippen LogP contribution in [0.4, 0.5) is 4.39 Å². The zero-order valence-corrected chi connectivity index (χ0v) is 9.06. The maximum atomic E-state index is 13.4. The molecule has 0 unspecified atom stereocenters. The van der Waals surface area contributed by atoms with E-state index in [2.05, 4.69) is 4.98 Å². The predicted octanol–water partition coefficient (Wildman–Crippen LogP) is 0.948. The van der Waals surface area contributed by atoms with Crippen LogP contribution in [0.1, 0.15) is 43.7 Å². The summed E-state index contributed by atoms with van der Waals surface area (Å²) in [6.07, 6.45) is 5.67. The second-order valence-electron chi connectivity index (χ2n) is 4.32. The molecule has 2 rings (SSSR count). The number of hydrogen-bond donors (Lipinski definition) is 2. The number of pyridine rings is 1. The van der Waals surface area contributed by atoms with Crippen LogP contribution in [0.25, 0.3) is 0 Å². The van der Waals surface area contributed by atoms with Gasteiger partial charge in [0.15, 0.2) is 0 Å². The molecule has 86 valence electrons. The van der Waals surface area contributed by atoms with Crippen LogP contribution in [0, 0.1) is 5.95 Å². The highest BCUT2D eigenvalue weighted by Crippen LogP contribution is 2.31. The van der Waals surface area contributed by atoms with Crippen LogP contribution in [0.3, 0.4) is 0 Å². The van der Waals surface area contributed by atoms with Crippen LogP contribution in [-0.4, -0.2) is 22.2 Å². The fraction of sp³-hybridized carbons (Fsp3) is 0.545. The van der Waals surface area contributed by atoms with Gasteiger partial charge >= 0.3 is 7.12 Å². The molecule has 0 aromatic carbocycles. The summed E-state index contributed by atoms with van der Waals surface area (Å²) in [4.78, 5) is 3.83. The van der Waals surface area contributed by atoms with Crippen LogP contribution in [0.5, 0.6) is 0 Å². The number of rotatable bonds is 2. The molecule has 1 saturated carbocycles. The highest BCUT2D eigenvalue weighted by atomic mass is 19.1. The third-order valence-corrected chi connectivity index (χ3v) is 3.20. The molecule has 0 radical (unpaired) electrons. The van der Waals surface area contributed by atoms with E-state index in [1.54, 1.807) is 6.07 Å². The second kappa shape index (κ2) is 4.93. The minimum atomic E-state index is -1.78. The Morgan fingerprint density at radius 3 is 2.44 bits per heavy atom. The van der Waals surface area contributed by atoms with Crippen molar-refractivity contribution in [1.82, 2.24) is 4.98 Å². The van der Waals surface area contributed by atoms with Crippen LogP contribution in [0.2, 0.25) is 0 Å². The van der Waals surface area contributed by atoms with E-state index < -0.39 is 13.1 Å². The summed E-state index contributed by atoms with van der Waals surface area (Å²) in [5, 5.41) is 17.8. The fourth-order valence-corrected chi connectivity index (χ4v) is 2.28. The van der Waals surface area contributed by atoms with Gasteiger partial charge in [-0.2, -0.15) is 4.39 Å². The van der Waals surface area contributed by atoms with E-state index in [-0.39, 0.29) is 5.46 Å². The largest absolute Gasteiger partial charge is 0.493 e. The molecule has 1 aliphatic carbocycles. The zero-order chi connectivity index (χ0) is 11.5. The average Bonchev–Trinajstić information content (AvgIpc) is 2.29. The number of aromatic nitrogens is 1. The molecule has 0 amide bonds. The summed E-state index contributed by atoms with van der Waals surface area (Å²) in [6, 6.07) is 3.12. The molecule has 0 spiro atoms. The van der Waals surface area contributed by atoms with Crippen molar-refractivity contribution in [3.05, 3.63) is 23.8 Å². The van der Waals surface area contributed by atoms with Gasteiger partial charge in [-0.1, -0.05) is 25.3 Å². The summed E-state index contributed by atoms with van der Waals surface area (Å²) in [6.45, 7) is 0. The second-order valence-corrected chi connectivity index (χ2v) is 4.32. The normalized spacial score (nSPS) is 17.4. The monoisotopic (exact) mass is 223 g/mol. The Hall–Kier alpha value is -0.935. The summed E-state index contributed by atoms with van der Waals surface area (Å²) in [5.74, 6) is -0.439. The van der Waals surface area contributed by atoms with Crippen molar-refractivity contribution in [1.29, 1.82) is 0 Å². The van der Waals surface area contributed by atoms with Crippen LogP contribution in [0.15, 0.2) is 12.1 Å². The Bertz CT molecular complexity index is 367. The maximum Gasteiger partial charge on any atom is 0.493 e. The Morgan fingerprint density at radius 2 is 1.88 bits per heavy atom. The van der Waals surface area contributed by atoms with Crippen molar-refractivity contribution in [2.75, 3.05) is 0 Å². The molecule has 1 aromatic heterocycles. The average molecular weight is 223 g/mol. The molecule has 0 atom stereocenters. The molecule has 1 heterocycles. The molecular weight excluding hydrogens is 208 g/mol. The molecule has 2 N–H and O–H groups in total. The van der Waals surface area contributed by atoms with E-state index in [0.717, 1.165) is 18.5 Å². The van der Waals surface area contributed by atoms with Gasteiger partial charge < -0.3 is 10.0 Å². The lowest BCUT2D eigenvalue weighted by Crippen LogP contribution is -2.34. The van der Waals surface area contributed by atoms with E-state index >= 15 is 0 Å². The molecule has 1 aromatic rings. The third-order valence-electron chi connectivity index (χ3n) is 3.20. The van der Waals surface area contributed by atoms with Gasteiger partial charge in [0, 0.05) is 17.1 Å². The lowest BCUT2D eigenvalue weighted by Gasteiger charge is -2.21. The minimum Gasteiger partial charge on any atom is -0.423 e. The Kier molecular flexibility index (Phi) is 3.56. The van der Waals surface area contributed by atoms with Gasteiger partial charge in [-0.3, -0.25) is 0 Å². The predicted molar refractivity (Wildman–Crippen MR) is 59.8 cm³/mol. The number of halogens is 1. The van der Waals surface area contributed by atoms with Gasteiger partial charge in [0.1, 0.15) is 0 Å². The first kappa shape index (κ1) is 11.5. The number of nitrogens with zero attached hydrogens (tertiary/aromatic N) is 1. The van der Waals surface area contributed by atoms with Crippen molar-refractivity contribution >= 4 is 12.6 Å². The van der Waals surface area contributed by atoms with Crippen molar-refractivity contribution in [2.45, 2.75) is 38.0 Å². The summed E-state index contributed by atoms with van der Waals surface area (Å²) in [5.41, 5.74) is 0.584. The highest BCUT2D eigenvalue weighted by Gasteiger charge is 2.21. The number of hydrogen-bond acceptors (Lipinski definition) is 3. The molecule has 1 fully saturated rings. The van der Waals surface area contributed by atoms with Gasteiger partial charge in [-0.05, 0) is 18.9 Å². The fourth-order valence-electron chi connectivity index (χ4n) is 2.28. The van der Waals surface area contributed by atoms with E-state index in [9.17, 15) is 4.39 Å². The van der Waals surface area contributed by atoms with Crippen molar-refractivity contribution in [3.63, 3.8) is 0 Å². The third kappa shape index (κ3) is 2.41. The molecular formula is C11H15BFNO2. The van der Waals surface area contributed by atoms with Crippen molar-refractivity contribution < 1.29 is 14.4 Å². The van der Waals surface area contributed by atoms with E-state index in [0.29, 0.717) is 5.92 Å². The Morgan fingerprint density at radius 1 is 1.19 bits per heavy atom. The Balaban J connectivity index is 2.19. The van der Waals surface area contributed by atoms with E-state index in [1.165, 1.54) is 25.3 Å². The molecule has 3 nitrogen and oxygen atoms in total. The minimum absolute atomic E-state index is 0.153. The molecule has 0 aliphatic heterocycles. The van der Waals surface area contributed by atoms with Gasteiger partial charge in [0.25, 0.3) is 0 Å². The molecule has 0 saturated heterocycles. The molecule has 16 heavy (non-hydrogen) atoms. The molecule has 0 bridgehead atoms. The first-order valence-electron chi connectivity index (χ1n) is 5.71. The van der Waals surface area contributed by atoms with Crippen LogP contribution in [-0.2, 0) is 0 Å². The highest BCUT2D eigenvalue weighted by molar-refractivity contribution is 6.58. The van der Waals surface area contributed by atoms with Gasteiger partial charge in [-0.25, -0.2) is 4.98 Å². The lowest BCUT2D eigenvalue weighted by atomic mass is 9.80. The lowest BCUT2D eigenvalue weighted by molar-refractivity contribution is 0.418. The van der Waals surface area contributed by atoms with Gasteiger partial charge in [-0.15, -0.1) is 0 Å². The quantitative estimate of drug-likeness (QED) is 0.579.